The first-order valence-electron chi connectivity index (χ1n) is 6.34. The van der Waals surface area contributed by atoms with E-state index in [9.17, 15) is 0 Å². The predicted octanol–water partition coefficient (Wildman–Crippen LogP) is 3.72. The normalized spacial score (nSPS) is 23.5. The number of rotatable bonds is 4. The lowest BCUT2D eigenvalue weighted by Gasteiger charge is -2.10. The second-order valence-electron chi connectivity index (χ2n) is 5.04. The van der Waals surface area contributed by atoms with Gasteiger partial charge in [-0.25, -0.2) is 0 Å². The van der Waals surface area contributed by atoms with Gasteiger partial charge in [0.1, 0.15) is 0 Å². The van der Waals surface area contributed by atoms with E-state index in [-0.39, 0.29) is 0 Å². The summed E-state index contributed by atoms with van der Waals surface area (Å²) in [5.74, 6) is 0. The lowest BCUT2D eigenvalue weighted by Crippen LogP contribution is -2.00. The Morgan fingerprint density at radius 2 is 1.69 bits per heavy atom. The Balaban J connectivity index is 1.99. The minimum absolute atomic E-state index is 0.533. The molecule has 0 spiro atoms. The Hall–Kier alpha value is -0.820. The van der Waals surface area contributed by atoms with Crippen molar-refractivity contribution in [2.45, 2.75) is 59.2 Å². The van der Waals surface area contributed by atoms with Crippen LogP contribution in [0, 0.1) is 20.8 Å². The van der Waals surface area contributed by atoms with Crippen LogP contribution < -0.4 is 0 Å². The van der Waals surface area contributed by atoms with Crippen LogP contribution in [0.15, 0.2) is 12.1 Å². The topological polar surface area (TPSA) is 12.5 Å². The molecule has 88 valence electrons. The highest BCUT2D eigenvalue weighted by Gasteiger charge is 2.36. The van der Waals surface area contributed by atoms with Crippen LogP contribution in [-0.4, -0.2) is 12.2 Å². The largest absolute Gasteiger partial charge is 0.370 e. The predicted molar refractivity (Wildman–Crippen MR) is 67.9 cm³/mol. The maximum atomic E-state index is 5.59. The highest BCUT2D eigenvalue weighted by Crippen LogP contribution is 2.30. The van der Waals surface area contributed by atoms with Crippen molar-refractivity contribution in [1.29, 1.82) is 0 Å². The van der Waals surface area contributed by atoms with Crippen LogP contribution in [0.2, 0.25) is 0 Å². The molecule has 1 fully saturated rings. The number of benzene rings is 1. The SMILES string of the molecule is CCC1OC1CCc1c(C)cc(C)cc1C. The van der Waals surface area contributed by atoms with Crippen LogP contribution in [0.25, 0.3) is 0 Å². The van der Waals surface area contributed by atoms with Crippen molar-refractivity contribution in [2.75, 3.05) is 0 Å². The number of hydrogen-bond donors (Lipinski definition) is 0. The minimum Gasteiger partial charge on any atom is -0.370 e. The smallest absolute Gasteiger partial charge is 0.0845 e. The average Bonchev–Trinajstić information content (AvgIpc) is 2.94. The van der Waals surface area contributed by atoms with Gasteiger partial charge in [-0.1, -0.05) is 24.6 Å². The molecule has 1 aliphatic rings. The summed E-state index contributed by atoms with van der Waals surface area (Å²) >= 11 is 0. The molecule has 0 N–H and O–H groups in total. The molecule has 0 saturated carbocycles. The standard InChI is InChI=1S/C15H22O/c1-5-14-15(16-14)7-6-13-11(3)8-10(2)9-12(13)4/h8-9,14-15H,5-7H2,1-4H3. The molecule has 1 aromatic carbocycles. The second-order valence-corrected chi connectivity index (χ2v) is 5.04. The second kappa shape index (κ2) is 4.58. The molecule has 1 nitrogen and oxygen atoms in total. The Kier molecular flexibility index (Phi) is 3.34. The highest BCUT2D eigenvalue weighted by molar-refractivity contribution is 5.37. The molecule has 0 bridgehead atoms. The van der Waals surface area contributed by atoms with Crippen LogP contribution in [0.4, 0.5) is 0 Å². The van der Waals surface area contributed by atoms with Gasteiger partial charge in [-0.15, -0.1) is 0 Å². The van der Waals surface area contributed by atoms with E-state index < -0.39 is 0 Å². The minimum atomic E-state index is 0.533. The summed E-state index contributed by atoms with van der Waals surface area (Å²) in [6.07, 6.45) is 4.59. The summed E-state index contributed by atoms with van der Waals surface area (Å²) in [5.41, 5.74) is 5.77. The summed E-state index contributed by atoms with van der Waals surface area (Å²) in [6, 6.07) is 4.57. The first-order valence-corrected chi connectivity index (χ1v) is 6.34. The zero-order valence-corrected chi connectivity index (χ0v) is 10.8. The summed E-state index contributed by atoms with van der Waals surface area (Å²) in [5, 5.41) is 0. The van der Waals surface area contributed by atoms with Gasteiger partial charge >= 0.3 is 0 Å². The van der Waals surface area contributed by atoms with Crippen LogP contribution in [0.5, 0.6) is 0 Å². The summed E-state index contributed by atoms with van der Waals surface area (Å²) in [7, 11) is 0. The fraction of sp³-hybridized carbons (Fsp3) is 0.600. The van der Waals surface area contributed by atoms with Gasteiger partial charge in [0.15, 0.2) is 0 Å². The molecule has 2 rings (SSSR count). The van der Waals surface area contributed by atoms with Gasteiger partial charge in [-0.2, -0.15) is 0 Å². The van der Waals surface area contributed by atoms with Gasteiger partial charge in [0.05, 0.1) is 12.2 Å². The van der Waals surface area contributed by atoms with Gasteiger partial charge in [0.25, 0.3) is 0 Å². The molecule has 0 aromatic heterocycles. The molecule has 16 heavy (non-hydrogen) atoms. The van der Waals surface area contributed by atoms with E-state index >= 15 is 0 Å². The van der Waals surface area contributed by atoms with E-state index in [0.29, 0.717) is 12.2 Å². The maximum absolute atomic E-state index is 5.59. The summed E-state index contributed by atoms with van der Waals surface area (Å²) < 4.78 is 5.59. The molecular formula is C15H22O. The summed E-state index contributed by atoms with van der Waals surface area (Å²) in [6.45, 7) is 8.81. The molecule has 0 radical (unpaired) electrons. The van der Waals surface area contributed by atoms with E-state index in [1.165, 1.54) is 35.1 Å². The van der Waals surface area contributed by atoms with E-state index in [4.69, 9.17) is 4.74 Å². The van der Waals surface area contributed by atoms with Gasteiger partial charge in [0.2, 0.25) is 0 Å². The third-order valence-electron chi connectivity index (χ3n) is 3.61. The van der Waals surface area contributed by atoms with Crippen LogP contribution >= 0.6 is 0 Å². The average molecular weight is 218 g/mol. The van der Waals surface area contributed by atoms with E-state index in [0.717, 1.165) is 6.42 Å². The van der Waals surface area contributed by atoms with Crippen molar-refractivity contribution in [3.63, 3.8) is 0 Å². The number of aryl methyl sites for hydroxylation is 3. The van der Waals surface area contributed by atoms with Crippen molar-refractivity contribution in [3.05, 3.63) is 34.4 Å². The molecule has 0 aliphatic carbocycles. The monoisotopic (exact) mass is 218 g/mol. The van der Waals surface area contributed by atoms with Crippen molar-refractivity contribution in [2.24, 2.45) is 0 Å². The van der Waals surface area contributed by atoms with E-state index in [1.807, 2.05) is 0 Å². The first kappa shape index (κ1) is 11.7. The number of ether oxygens (including phenoxy) is 1. The fourth-order valence-corrected chi connectivity index (χ4v) is 2.68. The van der Waals surface area contributed by atoms with Crippen molar-refractivity contribution >= 4 is 0 Å². The van der Waals surface area contributed by atoms with Gasteiger partial charge < -0.3 is 4.74 Å². The van der Waals surface area contributed by atoms with Gasteiger partial charge in [-0.3, -0.25) is 0 Å². The Morgan fingerprint density at radius 3 is 2.19 bits per heavy atom. The van der Waals surface area contributed by atoms with E-state index in [1.54, 1.807) is 0 Å². The molecule has 1 heterocycles. The molecule has 2 unspecified atom stereocenters. The Bertz CT molecular complexity index is 358. The molecule has 0 amide bonds. The number of epoxide rings is 1. The Labute approximate surface area is 98.8 Å². The highest BCUT2D eigenvalue weighted by atomic mass is 16.6. The fourth-order valence-electron chi connectivity index (χ4n) is 2.68. The Morgan fingerprint density at radius 1 is 1.06 bits per heavy atom. The molecular weight excluding hydrogens is 196 g/mol. The van der Waals surface area contributed by atoms with Crippen molar-refractivity contribution in [3.8, 4) is 0 Å². The van der Waals surface area contributed by atoms with Crippen molar-refractivity contribution in [1.82, 2.24) is 0 Å². The quantitative estimate of drug-likeness (QED) is 0.702. The van der Waals surface area contributed by atoms with Crippen LogP contribution in [0.1, 0.15) is 42.0 Å². The lowest BCUT2D eigenvalue weighted by atomic mass is 9.95. The molecule has 1 aliphatic heterocycles. The maximum Gasteiger partial charge on any atom is 0.0845 e. The zero-order chi connectivity index (χ0) is 11.7. The lowest BCUT2D eigenvalue weighted by molar-refractivity contribution is 0.359. The molecule has 1 aromatic rings. The molecule has 2 atom stereocenters. The van der Waals surface area contributed by atoms with Crippen LogP contribution in [-0.2, 0) is 11.2 Å². The first-order chi connectivity index (χ1) is 7.61. The third-order valence-corrected chi connectivity index (χ3v) is 3.61. The van der Waals surface area contributed by atoms with Crippen LogP contribution in [0.3, 0.4) is 0 Å². The number of hydrogen-bond acceptors (Lipinski definition) is 1. The third kappa shape index (κ3) is 2.46. The van der Waals surface area contributed by atoms with Gasteiger partial charge in [0, 0.05) is 0 Å². The zero-order valence-electron chi connectivity index (χ0n) is 10.8. The van der Waals surface area contributed by atoms with Gasteiger partial charge in [-0.05, 0) is 56.7 Å². The van der Waals surface area contributed by atoms with E-state index in [2.05, 4.69) is 39.8 Å². The molecule has 1 heteroatoms. The van der Waals surface area contributed by atoms with Crippen molar-refractivity contribution < 1.29 is 4.74 Å². The molecule has 1 saturated heterocycles. The summed E-state index contributed by atoms with van der Waals surface area (Å²) in [4.78, 5) is 0.